The highest BCUT2D eigenvalue weighted by atomic mass is 16.5. The monoisotopic (exact) mass is 400 g/mol. The highest BCUT2D eigenvalue weighted by Crippen LogP contribution is 2.35. The normalized spacial score (nSPS) is 10.6. The van der Waals surface area contributed by atoms with Crippen molar-refractivity contribution < 1.29 is 9.53 Å². The second-order valence-electron chi connectivity index (χ2n) is 6.52. The van der Waals surface area contributed by atoms with Crippen molar-refractivity contribution in [1.82, 2.24) is 25.3 Å². The number of hydrogen-bond acceptors (Lipinski definition) is 6. The standard InChI is InChI=1S/C22H20N6O2/c1-24-22(29)15-5-3-4-14(10-15)21-27-18(13-6-8-25-9-7-13)19(28-21)16-11-17(30-2)20(23)26-12-16/h3-12H,1-2H3,(H2,23,26)(H,24,29)(H,27,28). The summed E-state index contributed by atoms with van der Waals surface area (Å²) in [6.07, 6.45) is 5.09. The van der Waals surface area contributed by atoms with Gasteiger partial charge in [-0.3, -0.25) is 9.78 Å². The zero-order valence-electron chi connectivity index (χ0n) is 16.5. The fraction of sp³-hybridized carbons (Fsp3) is 0.0909. The molecule has 0 saturated carbocycles. The maximum Gasteiger partial charge on any atom is 0.251 e. The van der Waals surface area contributed by atoms with Gasteiger partial charge >= 0.3 is 0 Å². The average molecular weight is 400 g/mol. The lowest BCUT2D eigenvalue weighted by molar-refractivity contribution is 0.0963. The number of imidazole rings is 1. The lowest BCUT2D eigenvalue weighted by Gasteiger charge is -2.07. The van der Waals surface area contributed by atoms with E-state index < -0.39 is 0 Å². The molecule has 1 amide bonds. The highest BCUT2D eigenvalue weighted by molar-refractivity contribution is 5.95. The van der Waals surface area contributed by atoms with Crippen molar-refractivity contribution in [2.24, 2.45) is 0 Å². The molecule has 0 bridgehead atoms. The second kappa shape index (κ2) is 8.04. The van der Waals surface area contributed by atoms with Crippen LogP contribution in [0.1, 0.15) is 10.4 Å². The molecule has 8 heteroatoms. The molecular weight excluding hydrogens is 380 g/mol. The minimum Gasteiger partial charge on any atom is -0.493 e. The number of nitrogens with zero attached hydrogens (tertiary/aromatic N) is 3. The van der Waals surface area contributed by atoms with Crippen molar-refractivity contribution in [2.45, 2.75) is 0 Å². The van der Waals surface area contributed by atoms with Crippen molar-refractivity contribution in [3.05, 3.63) is 66.6 Å². The minimum absolute atomic E-state index is 0.162. The molecule has 4 N–H and O–H groups in total. The summed E-state index contributed by atoms with van der Waals surface area (Å²) in [6.45, 7) is 0. The number of carbonyl (C=O) groups excluding carboxylic acids is 1. The molecule has 0 atom stereocenters. The molecular formula is C22H20N6O2. The first-order chi connectivity index (χ1) is 14.6. The van der Waals surface area contributed by atoms with Gasteiger partial charge in [-0.25, -0.2) is 9.97 Å². The van der Waals surface area contributed by atoms with Gasteiger partial charge < -0.3 is 20.8 Å². The predicted molar refractivity (Wildman–Crippen MR) is 115 cm³/mol. The van der Waals surface area contributed by atoms with Gasteiger partial charge in [-0.05, 0) is 30.3 Å². The molecule has 0 unspecified atom stereocenters. The van der Waals surface area contributed by atoms with Crippen LogP contribution in [0.3, 0.4) is 0 Å². The number of benzene rings is 1. The van der Waals surface area contributed by atoms with Crippen LogP contribution in [0.15, 0.2) is 61.1 Å². The fourth-order valence-electron chi connectivity index (χ4n) is 3.15. The summed E-state index contributed by atoms with van der Waals surface area (Å²) >= 11 is 0. The molecule has 0 radical (unpaired) electrons. The molecule has 3 heterocycles. The van der Waals surface area contributed by atoms with E-state index in [1.807, 2.05) is 24.3 Å². The smallest absolute Gasteiger partial charge is 0.251 e. The number of rotatable bonds is 5. The number of hydrogen-bond donors (Lipinski definition) is 3. The number of ether oxygens (including phenoxy) is 1. The molecule has 0 aliphatic heterocycles. The average Bonchev–Trinajstić information content (AvgIpc) is 3.25. The molecule has 8 nitrogen and oxygen atoms in total. The molecule has 4 rings (SSSR count). The molecule has 0 aliphatic carbocycles. The summed E-state index contributed by atoms with van der Waals surface area (Å²) in [5.74, 6) is 1.24. The van der Waals surface area contributed by atoms with Crippen LogP contribution in [0.5, 0.6) is 5.75 Å². The lowest BCUT2D eigenvalue weighted by atomic mass is 10.1. The van der Waals surface area contributed by atoms with Crippen LogP contribution >= 0.6 is 0 Å². The van der Waals surface area contributed by atoms with Crippen LogP contribution in [0.25, 0.3) is 33.9 Å². The number of aromatic amines is 1. The van der Waals surface area contributed by atoms with Crippen molar-refractivity contribution in [1.29, 1.82) is 0 Å². The number of amides is 1. The van der Waals surface area contributed by atoms with E-state index in [1.54, 1.807) is 50.9 Å². The Kier molecular flexibility index (Phi) is 5.13. The summed E-state index contributed by atoms with van der Waals surface area (Å²) < 4.78 is 5.32. The third kappa shape index (κ3) is 3.58. The molecule has 150 valence electrons. The first kappa shape index (κ1) is 19.1. The van der Waals surface area contributed by atoms with Gasteiger partial charge in [-0.15, -0.1) is 0 Å². The molecule has 3 aromatic heterocycles. The Morgan fingerprint density at radius 2 is 1.90 bits per heavy atom. The van der Waals surface area contributed by atoms with E-state index >= 15 is 0 Å². The van der Waals surface area contributed by atoms with Crippen molar-refractivity contribution in [2.75, 3.05) is 19.9 Å². The van der Waals surface area contributed by atoms with Gasteiger partial charge in [0.1, 0.15) is 5.82 Å². The highest BCUT2D eigenvalue weighted by Gasteiger charge is 2.17. The fourth-order valence-corrected chi connectivity index (χ4v) is 3.15. The van der Waals surface area contributed by atoms with Crippen molar-refractivity contribution in [3.8, 4) is 39.7 Å². The first-order valence-electron chi connectivity index (χ1n) is 9.23. The Bertz CT molecular complexity index is 1200. The number of methoxy groups -OCH3 is 1. The number of nitrogens with two attached hydrogens (primary N) is 1. The van der Waals surface area contributed by atoms with Crippen LogP contribution in [-0.2, 0) is 0 Å². The van der Waals surface area contributed by atoms with Gasteiger partial charge in [0.2, 0.25) is 0 Å². The quantitative estimate of drug-likeness (QED) is 0.473. The van der Waals surface area contributed by atoms with Crippen LogP contribution < -0.4 is 15.8 Å². The molecule has 1 aromatic carbocycles. The van der Waals surface area contributed by atoms with Gasteiger partial charge in [-0.2, -0.15) is 0 Å². The lowest BCUT2D eigenvalue weighted by Crippen LogP contribution is -2.17. The molecule has 4 aromatic rings. The van der Waals surface area contributed by atoms with E-state index in [0.717, 1.165) is 22.4 Å². The van der Waals surface area contributed by atoms with Crippen LogP contribution in [0, 0.1) is 0 Å². The number of nitrogen functional groups attached to an aromatic ring is 1. The summed E-state index contributed by atoms with van der Waals surface area (Å²) in [4.78, 5) is 28.5. The Morgan fingerprint density at radius 3 is 2.63 bits per heavy atom. The predicted octanol–water partition coefficient (Wildman–Crippen LogP) is 3.15. The third-order valence-electron chi connectivity index (χ3n) is 4.67. The largest absolute Gasteiger partial charge is 0.493 e. The third-order valence-corrected chi connectivity index (χ3v) is 4.67. The minimum atomic E-state index is -0.162. The van der Waals surface area contributed by atoms with Crippen LogP contribution in [0.2, 0.25) is 0 Å². The maximum absolute atomic E-state index is 12.0. The van der Waals surface area contributed by atoms with E-state index in [4.69, 9.17) is 15.5 Å². The van der Waals surface area contributed by atoms with Gasteiger partial charge in [0.25, 0.3) is 5.91 Å². The Hall–Kier alpha value is -4.20. The molecule has 30 heavy (non-hydrogen) atoms. The number of H-pyrrole nitrogens is 1. The Balaban J connectivity index is 1.88. The summed E-state index contributed by atoms with van der Waals surface area (Å²) in [6, 6.07) is 12.8. The van der Waals surface area contributed by atoms with Gasteiger partial charge in [0, 0.05) is 47.9 Å². The Morgan fingerprint density at radius 1 is 1.10 bits per heavy atom. The molecule has 0 fully saturated rings. The number of pyridine rings is 2. The number of anilines is 1. The zero-order valence-corrected chi connectivity index (χ0v) is 16.5. The number of aromatic nitrogens is 4. The molecule has 0 saturated heterocycles. The topological polar surface area (TPSA) is 119 Å². The van der Waals surface area contributed by atoms with Crippen molar-refractivity contribution >= 4 is 11.7 Å². The summed E-state index contributed by atoms with van der Waals surface area (Å²) in [5.41, 5.74) is 10.4. The van der Waals surface area contributed by atoms with Gasteiger partial charge in [0.05, 0.1) is 18.5 Å². The van der Waals surface area contributed by atoms with Gasteiger partial charge in [0.15, 0.2) is 11.6 Å². The van der Waals surface area contributed by atoms with E-state index in [-0.39, 0.29) is 5.91 Å². The molecule has 0 aliphatic rings. The first-order valence-corrected chi connectivity index (χ1v) is 9.23. The SMILES string of the molecule is CNC(=O)c1cccc(-c2nc(-c3cnc(N)c(OC)c3)c(-c3ccncc3)[nH]2)c1. The van der Waals surface area contributed by atoms with Crippen LogP contribution in [0.4, 0.5) is 5.82 Å². The van der Waals surface area contributed by atoms with E-state index in [1.165, 1.54) is 0 Å². The van der Waals surface area contributed by atoms with E-state index in [9.17, 15) is 4.79 Å². The number of carbonyl (C=O) groups is 1. The second-order valence-corrected chi connectivity index (χ2v) is 6.52. The molecule has 0 spiro atoms. The Labute approximate surface area is 173 Å². The van der Waals surface area contributed by atoms with Crippen molar-refractivity contribution in [3.63, 3.8) is 0 Å². The zero-order chi connectivity index (χ0) is 21.1. The summed E-state index contributed by atoms with van der Waals surface area (Å²) in [5, 5.41) is 2.64. The number of nitrogens with one attached hydrogen (secondary N) is 2. The maximum atomic E-state index is 12.0. The van der Waals surface area contributed by atoms with Gasteiger partial charge in [-0.1, -0.05) is 12.1 Å². The van der Waals surface area contributed by atoms with Crippen LogP contribution in [-0.4, -0.2) is 40.0 Å². The van der Waals surface area contributed by atoms with E-state index in [0.29, 0.717) is 28.6 Å². The summed E-state index contributed by atoms with van der Waals surface area (Å²) in [7, 11) is 3.14. The van der Waals surface area contributed by atoms with E-state index in [2.05, 4.69) is 20.3 Å².